The van der Waals surface area contributed by atoms with Crippen LogP contribution in [0, 0.1) is 0 Å². The third-order valence-electron chi connectivity index (χ3n) is 2.95. The van der Waals surface area contributed by atoms with E-state index in [1.54, 1.807) is 24.2 Å². The Morgan fingerprint density at radius 3 is 2.75 bits per heavy atom. The molecule has 2 aromatic rings. The summed E-state index contributed by atoms with van der Waals surface area (Å²) in [5.74, 6) is -0.402. The van der Waals surface area contributed by atoms with E-state index >= 15 is 0 Å². The molecule has 2 rings (SSSR count). The molecule has 1 amide bonds. The highest BCUT2D eigenvalue weighted by molar-refractivity contribution is 7.98. The Labute approximate surface area is 122 Å². The fraction of sp³-hybridized carbons (Fsp3) is 0.286. The molecule has 0 saturated carbocycles. The summed E-state index contributed by atoms with van der Waals surface area (Å²) in [5, 5.41) is 7.43. The van der Waals surface area contributed by atoms with Crippen molar-refractivity contribution in [2.45, 2.75) is 24.4 Å². The van der Waals surface area contributed by atoms with Crippen LogP contribution < -0.4 is 11.1 Å². The summed E-state index contributed by atoms with van der Waals surface area (Å²) >= 11 is 1.72. The summed E-state index contributed by atoms with van der Waals surface area (Å²) in [6.45, 7) is 2.18. The van der Waals surface area contributed by atoms with Gasteiger partial charge in [0.1, 0.15) is 6.54 Å². The highest BCUT2D eigenvalue weighted by Crippen LogP contribution is 2.21. The van der Waals surface area contributed by atoms with Gasteiger partial charge in [0.25, 0.3) is 0 Å². The van der Waals surface area contributed by atoms with E-state index in [1.807, 2.05) is 0 Å². The summed E-state index contributed by atoms with van der Waals surface area (Å²) in [5.41, 5.74) is 7.20. The fourth-order valence-corrected chi connectivity index (χ4v) is 2.32. The third-order valence-corrected chi connectivity index (χ3v) is 3.69. The number of aromatic nitrogens is 2. The van der Waals surface area contributed by atoms with Gasteiger partial charge in [-0.25, -0.2) is 0 Å². The van der Waals surface area contributed by atoms with Gasteiger partial charge in [-0.2, -0.15) is 5.10 Å². The van der Waals surface area contributed by atoms with Crippen molar-refractivity contribution in [1.82, 2.24) is 9.78 Å². The van der Waals surface area contributed by atoms with E-state index in [2.05, 4.69) is 47.9 Å². The molecule has 106 valence electrons. The predicted molar refractivity (Wildman–Crippen MR) is 81.7 cm³/mol. The number of nitrogens with zero attached hydrogens (tertiary/aromatic N) is 2. The molecule has 1 heterocycles. The molecule has 0 aliphatic rings. The van der Waals surface area contributed by atoms with Crippen molar-refractivity contribution in [2.75, 3.05) is 11.6 Å². The number of anilines is 1. The molecule has 1 unspecified atom stereocenters. The van der Waals surface area contributed by atoms with Gasteiger partial charge in [0.2, 0.25) is 5.91 Å². The lowest BCUT2D eigenvalue weighted by molar-refractivity contribution is -0.118. The molecule has 6 heteroatoms. The van der Waals surface area contributed by atoms with Crippen molar-refractivity contribution in [1.29, 1.82) is 0 Å². The van der Waals surface area contributed by atoms with Crippen LogP contribution in [-0.4, -0.2) is 21.9 Å². The summed E-state index contributed by atoms with van der Waals surface area (Å²) in [6, 6.07) is 8.59. The molecule has 3 N–H and O–H groups in total. The van der Waals surface area contributed by atoms with Crippen LogP contribution in [0.5, 0.6) is 0 Å². The summed E-state index contributed by atoms with van der Waals surface area (Å²) < 4.78 is 1.52. The summed E-state index contributed by atoms with van der Waals surface area (Å²) in [4.78, 5) is 12.1. The number of hydrogen-bond donors (Lipinski definition) is 2. The maximum absolute atomic E-state index is 10.8. The number of nitrogens with two attached hydrogens (primary N) is 1. The smallest absolute Gasteiger partial charge is 0.239 e. The van der Waals surface area contributed by atoms with Crippen LogP contribution >= 0.6 is 11.8 Å². The Morgan fingerprint density at radius 2 is 2.15 bits per heavy atom. The number of benzene rings is 1. The van der Waals surface area contributed by atoms with Crippen molar-refractivity contribution in [2.24, 2.45) is 5.73 Å². The van der Waals surface area contributed by atoms with Gasteiger partial charge in [0, 0.05) is 17.1 Å². The maximum atomic E-state index is 10.8. The molecule has 1 aromatic carbocycles. The lowest BCUT2D eigenvalue weighted by Gasteiger charge is -2.14. The van der Waals surface area contributed by atoms with Crippen molar-refractivity contribution in [3.63, 3.8) is 0 Å². The van der Waals surface area contributed by atoms with E-state index < -0.39 is 5.91 Å². The second kappa shape index (κ2) is 6.47. The highest BCUT2D eigenvalue weighted by atomic mass is 32.2. The topological polar surface area (TPSA) is 72.9 Å². The Morgan fingerprint density at radius 1 is 1.45 bits per heavy atom. The van der Waals surface area contributed by atoms with Crippen molar-refractivity contribution in [3.8, 4) is 0 Å². The molecule has 0 saturated heterocycles. The number of hydrogen-bond acceptors (Lipinski definition) is 4. The zero-order chi connectivity index (χ0) is 14.5. The average molecular weight is 290 g/mol. The van der Waals surface area contributed by atoms with Gasteiger partial charge in [-0.15, -0.1) is 11.8 Å². The number of thioether (sulfide) groups is 1. The summed E-state index contributed by atoms with van der Waals surface area (Å²) in [6.07, 6.45) is 5.52. The van der Waals surface area contributed by atoms with Gasteiger partial charge < -0.3 is 11.1 Å². The van der Waals surface area contributed by atoms with Crippen LogP contribution in [0.1, 0.15) is 18.5 Å². The zero-order valence-electron chi connectivity index (χ0n) is 11.5. The SMILES string of the molecule is CSc1ccc(C(C)Nc2cnn(CC(N)=O)c2)cc1. The van der Waals surface area contributed by atoms with E-state index in [-0.39, 0.29) is 12.6 Å². The largest absolute Gasteiger partial charge is 0.376 e. The van der Waals surface area contributed by atoms with E-state index in [0.717, 1.165) is 5.69 Å². The lowest BCUT2D eigenvalue weighted by Crippen LogP contribution is -2.18. The van der Waals surface area contributed by atoms with Crippen LogP contribution in [0.15, 0.2) is 41.6 Å². The number of carbonyl (C=O) groups is 1. The van der Waals surface area contributed by atoms with Crippen molar-refractivity contribution >= 4 is 23.4 Å². The lowest BCUT2D eigenvalue weighted by atomic mass is 10.1. The van der Waals surface area contributed by atoms with Crippen molar-refractivity contribution < 1.29 is 4.79 Å². The third kappa shape index (κ3) is 3.77. The van der Waals surface area contributed by atoms with Gasteiger partial charge in [-0.1, -0.05) is 12.1 Å². The Balaban J connectivity index is 2.01. The first-order valence-electron chi connectivity index (χ1n) is 6.29. The number of amides is 1. The Bertz CT molecular complexity index is 579. The monoisotopic (exact) mass is 290 g/mol. The van der Waals surface area contributed by atoms with E-state index in [0.29, 0.717) is 0 Å². The molecule has 1 aromatic heterocycles. The number of primary amides is 1. The van der Waals surface area contributed by atoms with Gasteiger partial charge in [0.15, 0.2) is 0 Å². The molecule has 0 aliphatic carbocycles. The first-order valence-corrected chi connectivity index (χ1v) is 7.52. The number of rotatable bonds is 6. The second-order valence-electron chi connectivity index (χ2n) is 4.53. The number of nitrogens with one attached hydrogen (secondary N) is 1. The van der Waals surface area contributed by atoms with Gasteiger partial charge in [-0.05, 0) is 30.9 Å². The molecule has 0 bridgehead atoms. The van der Waals surface area contributed by atoms with Gasteiger partial charge in [-0.3, -0.25) is 9.48 Å². The first kappa shape index (κ1) is 14.5. The molecule has 0 aliphatic heterocycles. The minimum atomic E-state index is -0.402. The molecular formula is C14H18N4OS. The maximum Gasteiger partial charge on any atom is 0.239 e. The zero-order valence-corrected chi connectivity index (χ0v) is 12.4. The Kier molecular flexibility index (Phi) is 4.68. The van der Waals surface area contributed by atoms with E-state index in [9.17, 15) is 4.79 Å². The van der Waals surface area contributed by atoms with Crippen LogP contribution in [0.3, 0.4) is 0 Å². The standard InChI is InChI=1S/C14H18N4OS/c1-10(11-3-5-13(20-2)6-4-11)17-12-7-16-18(8-12)9-14(15)19/h3-8,10,17H,9H2,1-2H3,(H2,15,19). The van der Waals surface area contributed by atoms with Gasteiger partial charge in [0.05, 0.1) is 11.9 Å². The van der Waals surface area contributed by atoms with Crippen LogP contribution in [0.25, 0.3) is 0 Å². The molecule has 0 radical (unpaired) electrons. The molecular weight excluding hydrogens is 272 g/mol. The fourth-order valence-electron chi connectivity index (χ4n) is 1.91. The van der Waals surface area contributed by atoms with Gasteiger partial charge >= 0.3 is 0 Å². The minimum absolute atomic E-state index is 0.0957. The Hall–Kier alpha value is -1.95. The molecule has 1 atom stereocenters. The minimum Gasteiger partial charge on any atom is -0.376 e. The first-order chi connectivity index (χ1) is 9.58. The normalized spacial score (nSPS) is 12.1. The van der Waals surface area contributed by atoms with Crippen LogP contribution in [-0.2, 0) is 11.3 Å². The number of carbonyl (C=O) groups excluding carboxylic acids is 1. The second-order valence-corrected chi connectivity index (χ2v) is 5.41. The van der Waals surface area contributed by atoms with E-state index in [1.165, 1.54) is 15.1 Å². The van der Waals surface area contributed by atoms with Crippen LogP contribution in [0.2, 0.25) is 0 Å². The molecule has 20 heavy (non-hydrogen) atoms. The van der Waals surface area contributed by atoms with Crippen molar-refractivity contribution in [3.05, 3.63) is 42.2 Å². The average Bonchev–Trinajstić information content (AvgIpc) is 2.85. The molecule has 0 spiro atoms. The molecule has 0 fully saturated rings. The predicted octanol–water partition coefficient (Wildman–Crippen LogP) is 2.26. The van der Waals surface area contributed by atoms with E-state index in [4.69, 9.17) is 5.73 Å². The quantitative estimate of drug-likeness (QED) is 0.800. The molecule has 5 nitrogen and oxygen atoms in total. The highest BCUT2D eigenvalue weighted by Gasteiger charge is 2.07. The summed E-state index contributed by atoms with van der Waals surface area (Å²) in [7, 11) is 0. The van der Waals surface area contributed by atoms with Crippen LogP contribution in [0.4, 0.5) is 5.69 Å².